The Morgan fingerprint density at radius 2 is 2.33 bits per heavy atom. The lowest BCUT2D eigenvalue weighted by Crippen LogP contribution is -2.40. The third kappa shape index (κ3) is 3.44. The van der Waals surface area contributed by atoms with Gasteiger partial charge in [-0.3, -0.25) is 0 Å². The molecular weight excluding hydrogens is 190 g/mol. The van der Waals surface area contributed by atoms with E-state index in [2.05, 4.69) is 5.32 Å². The van der Waals surface area contributed by atoms with Gasteiger partial charge in [-0.05, 0) is 37.5 Å². The van der Waals surface area contributed by atoms with Crippen molar-refractivity contribution < 1.29 is 9.47 Å². The van der Waals surface area contributed by atoms with Crippen LogP contribution in [-0.2, 0) is 9.47 Å². The van der Waals surface area contributed by atoms with E-state index in [1.807, 2.05) is 0 Å². The summed E-state index contributed by atoms with van der Waals surface area (Å²) in [7, 11) is 1.79. The molecule has 0 radical (unpaired) electrons. The van der Waals surface area contributed by atoms with Crippen LogP contribution < -0.4 is 5.32 Å². The van der Waals surface area contributed by atoms with E-state index in [1.165, 1.54) is 32.1 Å². The van der Waals surface area contributed by atoms with Crippen LogP contribution in [0.4, 0.5) is 0 Å². The maximum atomic E-state index is 5.46. The maximum Gasteiger partial charge on any atom is 0.0619 e. The first kappa shape index (κ1) is 11.4. The van der Waals surface area contributed by atoms with Gasteiger partial charge < -0.3 is 14.8 Å². The van der Waals surface area contributed by atoms with Crippen molar-refractivity contribution in [1.29, 1.82) is 0 Å². The molecule has 0 amide bonds. The molecule has 1 aliphatic heterocycles. The number of hydrogen-bond acceptors (Lipinski definition) is 3. The summed E-state index contributed by atoms with van der Waals surface area (Å²) in [6, 6.07) is 0.596. The lowest BCUT2D eigenvalue weighted by atomic mass is 10.0. The summed E-state index contributed by atoms with van der Waals surface area (Å²) in [4.78, 5) is 0. The number of rotatable bonds is 6. The van der Waals surface area contributed by atoms with E-state index in [9.17, 15) is 0 Å². The predicted molar refractivity (Wildman–Crippen MR) is 60.0 cm³/mol. The molecule has 2 aliphatic rings. The van der Waals surface area contributed by atoms with E-state index in [1.54, 1.807) is 7.11 Å². The van der Waals surface area contributed by atoms with Crippen molar-refractivity contribution in [2.75, 3.05) is 33.5 Å². The van der Waals surface area contributed by atoms with Crippen LogP contribution in [0.5, 0.6) is 0 Å². The van der Waals surface area contributed by atoms with Gasteiger partial charge in [0, 0.05) is 32.9 Å². The van der Waals surface area contributed by atoms with Gasteiger partial charge in [-0.1, -0.05) is 0 Å². The Morgan fingerprint density at radius 1 is 1.47 bits per heavy atom. The Bertz CT molecular complexity index is 186. The summed E-state index contributed by atoms with van der Waals surface area (Å²) in [5, 5.41) is 3.65. The molecule has 1 saturated carbocycles. The van der Waals surface area contributed by atoms with Gasteiger partial charge in [-0.2, -0.15) is 0 Å². The molecule has 1 heterocycles. The first-order chi connectivity index (χ1) is 7.35. The molecule has 0 aromatic rings. The fourth-order valence-electron chi connectivity index (χ4n) is 2.27. The minimum Gasteiger partial charge on any atom is -0.385 e. The lowest BCUT2D eigenvalue weighted by Gasteiger charge is -2.25. The van der Waals surface area contributed by atoms with Crippen LogP contribution in [0.1, 0.15) is 32.1 Å². The highest BCUT2D eigenvalue weighted by Gasteiger charge is 2.41. The minimum absolute atomic E-state index is 0.563. The Hall–Kier alpha value is -0.120. The molecular formula is C12H23NO2. The summed E-state index contributed by atoms with van der Waals surface area (Å²) >= 11 is 0. The van der Waals surface area contributed by atoms with E-state index >= 15 is 0 Å². The Labute approximate surface area is 92.5 Å². The first-order valence-corrected chi connectivity index (χ1v) is 6.15. The fraction of sp³-hybridized carbons (Fsp3) is 1.00. The van der Waals surface area contributed by atoms with Gasteiger partial charge in [0.1, 0.15) is 0 Å². The molecule has 2 fully saturated rings. The molecule has 88 valence electrons. The second kappa shape index (κ2) is 5.28. The van der Waals surface area contributed by atoms with E-state index < -0.39 is 0 Å². The molecule has 15 heavy (non-hydrogen) atoms. The maximum absolute atomic E-state index is 5.46. The highest BCUT2D eigenvalue weighted by Crippen LogP contribution is 2.48. The average Bonchev–Trinajstić information content (AvgIpc) is 3.06. The van der Waals surface area contributed by atoms with Crippen molar-refractivity contribution in [3.8, 4) is 0 Å². The van der Waals surface area contributed by atoms with E-state index in [0.29, 0.717) is 11.5 Å². The van der Waals surface area contributed by atoms with Crippen molar-refractivity contribution in [2.24, 2.45) is 5.41 Å². The zero-order valence-electron chi connectivity index (χ0n) is 9.76. The second-order valence-electron chi connectivity index (χ2n) is 5.04. The van der Waals surface area contributed by atoms with Crippen LogP contribution in [0.25, 0.3) is 0 Å². The van der Waals surface area contributed by atoms with Crippen molar-refractivity contribution >= 4 is 0 Å². The average molecular weight is 213 g/mol. The second-order valence-corrected chi connectivity index (χ2v) is 5.04. The molecule has 0 spiro atoms. The largest absolute Gasteiger partial charge is 0.385 e. The Morgan fingerprint density at radius 3 is 2.93 bits per heavy atom. The molecule has 1 saturated heterocycles. The molecule has 3 heteroatoms. The van der Waals surface area contributed by atoms with Crippen molar-refractivity contribution in [3.63, 3.8) is 0 Å². The van der Waals surface area contributed by atoms with E-state index in [4.69, 9.17) is 9.47 Å². The third-order valence-corrected chi connectivity index (χ3v) is 3.72. The van der Waals surface area contributed by atoms with Crippen LogP contribution in [-0.4, -0.2) is 39.5 Å². The predicted octanol–water partition coefficient (Wildman–Crippen LogP) is 1.57. The van der Waals surface area contributed by atoms with Gasteiger partial charge in [0.15, 0.2) is 0 Å². The molecule has 3 nitrogen and oxygen atoms in total. The van der Waals surface area contributed by atoms with Gasteiger partial charge in [-0.15, -0.1) is 0 Å². The van der Waals surface area contributed by atoms with Crippen LogP contribution in [0.2, 0.25) is 0 Å². The quantitative estimate of drug-likeness (QED) is 0.726. The molecule has 0 aromatic carbocycles. The monoisotopic (exact) mass is 213 g/mol. The van der Waals surface area contributed by atoms with E-state index in [-0.39, 0.29) is 0 Å². The lowest BCUT2D eigenvalue weighted by molar-refractivity contribution is 0.0675. The number of nitrogens with one attached hydrogen (secondary N) is 1. The molecule has 0 aromatic heterocycles. The fourth-order valence-corrected chi connectivity index (χ4v) is 2.27. The van der Waals surface area contributed by atoms with Crippen molar-refractivity contribution in [3.05, 3.63) is 0 Å². The third-order valence-electron chi connectivity index (χ3n) is 3.72. The Kier molecular flexibility index (Phi) is 4.00. The highest BCUT2D eigenvalue weighted by atomic mass is 16.5. The van der Waals surface area contributed by atoms with Crippen LogP contribution in [0, 0.1) is 5.41 Å². The zero-order valence-corrected chi connectivity index (χ0v) is 9.76. The molecule has 1 atom stereocenters. The molecule has 1 aliphatic carbocycles. The summed E-state index contributed by atoms with van der Waals surface area (Å²) in [5.74, 6) is 0. The van der Waals surface area contributed by atoms with Gasteiger partial charge in [0.2, 0.25) is 0 Å². The van der Waals surface area contributed by atoms with Crippen LogP contribution >= 0.6 is 0 Å². The van der Waals surface area contributed by atoms with E-state index in [0.717, 1.165) is 26.4 Å². The zero-order chi connectivity index (χ0) is 10.6. The van der Waals surface area contributed by atoms with Gasteiger partial charge >= 0.3 is 0 Å². The topological polar surface area (TPSA) is 30.5 Å². The normalized spacial score (nSPS) is 29.0. The minimum atomic E-state index is 0.563. The van der Waals surface area contributed by atoms with Gasteiger partial charge in [0.25, 0.3) is 0 Å². The molecule has 0 bridgehead atoms. The van der Waals surface area contributed by atoms with Crippen molar-refractivity contribution in [1.82, 2.24) is 5.32 Å². The number of methoxy groups -OCH3 is 1. The number of ether oxygens (including phenoxy) is 2. The summed E-state index contributed by atoms with van der Waals surface area (Å²) in [6.45, 7) is 3.92. The van der Waals surface area contributed by atoms with Crippen molar-refractivity contribution in [2.45, 2.75) is 38.1 Å². The molecule has 1 unspecified atom stereocenters. The van der Waals surface area contributed by atoms with Gasteiger partial charge in [0.05, 0.1) is 6.61 Å². The first-order valence-electron chi connectivity index (χ1n) is 6.15. The highest BCUT2D eigenvalue weighted by molar-refractivity contribution is 4.95. The summed E-state index contributed by atoms with van der Waals surface area (Å²) in [6.07, 6.45) is 6.45. The SMILES string of the molecule is COCCC1(CNC2CCCOC2)CC1. The Balaban J connectivity index is 1.63. The summed E-state index contributed by atoms with van der Waals surface area (Å²) < 4.78 is 10.6. The molecule has 2 rings (SSSR count). The smallest absolute Gasteiger partial charge is 0.0619 e. The van der Waals surface area contributed by atoms with Crippen LogP contribution in [0.3, 0.4) is 0 Å². The standard InChI is InChI=1S/C12H23NO2/c1-14-8-6-12(4-5-12)10-13-11-3-2-7-15-9-11/h11,13H,2-10H2,1H3. The van der Waals surface area contributed by atoms with Crippen LogP contribution in [0.15, 0.2) is 0 Å². The molecule has 1 N–H and O–H groups in total. The number of hydrogen-bond donors (Lipinski definition) is 1. The van der Waals surface area contributed by atoms with Gasteiger partial charge in [-0.25, -0.2) is 0 Å². The summed E-state index contributed by atoms with van der Waals surface area (Å²) in [5.41, 5.74) is 0.563.